The van der Waals surface area contributed by atoms with Gasteiger partial charge in [0.25, 0.3) is 5.56 Å². The van der Waals surface area contributed by atoms with Crippen molar-refractivity contribution in [2.45, 2.75) is 12.4 Å². The van der Waals surface area contributed by atoms with Gasteiger partial charge in [-0.3, -0.25) is 14.3 Å². The molecule has 0 unspecified atom stereocenters. The van der Waals surface area contributed by atoms with Crippen molar-refractivity contribution < 1.29 is 31.4 Å². The molecule has 0 bridgehead atoms. The number of nitrogens with zero attached hydrogens (tertiary/aromatic N) is 1. The summed E-state index contributed by atoms with van der Waals surface area (Å²) in [6, 6.07) is 1.27. The molecule has 23 heavy (non-hydrogen) atoms. The van der Waals surface area contributed by atoms with Crippen LogP contribution in [0.1, 0.15) is 11.1 Å². The highest BCUT2D eigenvalue weighted by molar-refractivity contribution is 7.71. The van der Waals surface area contributed by atoms with Crippen molar-refractivity contribution in [2.75, 3.05) is 0 Å². The molecular weight excluding hydrogens is 350 g/mol. The van der Waals surface area contributed by atoms with E-state index >= 15 is 0 Å². The Morgan fingerprint density at radius 1 is 0.957 bits per heavy atom. The number of aromatic amines is 1. The second kappa shape index (κ2) is 5.41. The van der Waals surface area contributed by atoms with Crippen LogP contribution in [-0.2, 0) is 12.4 Å². The Morgan fingerprint density at radius 2 is 1.43 bits per heavy atom. The number of aromatic nitrogens is 2. The fourth-order valence-corrected chi connectivity index (χ4v) is 2.10. The monoisotopic (exact) mass is 356 g/mol. The summed E-state index contributed by atoms with van der Waals surface area (Å²) in [6.45, 7) is 0. The molecule has 11 heteroatoms. The Labute approximate surface area is 128 Å². The Hall–Kier alpha value is -2.30. The predicted molar refractivity (Wildman–Crippen MR) is 68.9 cm³/mol. The van der Waals surface area contributed by atoms with Crippen molar-refractivity contribution in [3.05, 3.63) is 50.5 Å². The zero-order chi connectivity index (χ0) is 17.6. The molecule has 4 nitrogen and oxygen atoms in total. The number of aromatic hydroxyl groups is 1. The third kappa shape index (κ3) is 3.55. The fourth-order valence-electron chi connectivity index (χ4n) is 1.80. The predicted octanol–water partition coefficient (Wildman–Crippen LogP) is 3.64. The van der Waals surface area contributed by atoms with Gasteiger partial charge in [-0.1, -0.05) is 0 Å². The lowest BCUT2D eigenvalue weighted by Gasteiger charge is -2.16. The van der Waals surface area contributed by atoms with Gasteiger partial charge in [-0.2, -0.15) is 26.3 Å². The van der Waals surface area contributed by atoms with Gasteiger partial charge in [-0.15, -0.1) is 0 Å². The van der Waals surface area contributed by atoms with E-state index in [1.165, 1.54) is 0 Å². The third-order valence-electron chi connectivity index (χ3n) is 2.75. The summed E-state index contributed by atoms with van der Waals surface area (Å²) in [4.78, 5) is 13.1. The van der Waals surface area contributed by atoms with Crippen LogP contribution < -0.4 is 5.56 Å². The van der Waals surface area contributed by atoms with E-state index < -0.39 is 45.4 Å². The average molecular weight is 356 g/mol. The van der Waals surface area contributed by atoms with Crippen LogP contribution in [0.2, 0.25) is 0 Å². The molecule has 0 aliphatic carbocycles. The second-order valence-electron chi connectivity index (χ2n) is 4.40. The van der Waals surface area contributed by atoms with Gasteiger partial charge in [-0.05, 0) is 30.4 Å². The first-order valence-corrected chi connectivity index (χ1v) is 6.15. The third-order valence-corrected chi connectivity index (χ3v) is 3.04. The molecule has 0 aliphatic rings. The Balaban J connectivity index is 2.83. The normalized spacial score (nSPS) is 12.4. The summed E-state index contributed by atoms with van der Waals surface area (Å²) >= 11 is 4.67. The molecule has 0 atom stereocenters. The number of rotatable bonds is 1. The molecule has 0 fully saturated rings. The van der Waals surface area contributed by atoms with Crippen LogP contribution in [0, 0.1) is 4.77 Å². The molecule has 0 aliphatic heterocycles. The van der Waals surface area contributed by atoms with E-state index in [1.807, 2.05) is 4.98 Å². The molecule has 0 amide bonds. The van der Waals surface area contributed by atoms with E-state index in [2.05, 4.69) is 12.2 Å². The molecule has 2 N–H and O–H groups in total. The van der Waals surface area contributed by atoms with E-state index in [9.17, 15) is 36.2 Å². The molecule has 0 spiro atoms. The maximum atomic E-state index is 12.8. The number of nitrogens with one attached hydrogen (secondary N) is 1. The number of hydrogen-bond acceptors (Lipinski definition) is 3. The fraction of sp³-hybridized carbons (Fsp3) is 0.167. The molecule has 2 aromatic rings. The Bertz CT molecular complexity index is 833. The van der Waals surface area contributed by atoms with Crippen LogP contribution in [0.3, 0.4) is 0 Å². The first-order valence-electron chi connectivity index (χ1n) is 5.75. The van der Waals surface area contributed by atoms with Crippen LogP contribution in [0.4, 0.5) is 26.3 Å². The Kier molecular flexibility index (Phi) is 4.01. The minimum absolute atomic E-state index is 0.0597. The Morgan fingerprint density at radius 3 is 1.83 bits per heavy atom. The standard InChI is InChI=1S/C12H6F6N2O2S/c13-11(14,15)5-1-6(12(16,17)18)3-7(2-5)20-9(22)4-8(21)19-10(20)23/h1-4,22H,(H,19,21,23). The number of hydrogen-bond donors (Lipinski definition) is 2. The van der Waals surface area contributed by atoms with E-state index in [4.69, 9.17) is 0 Å². The SMILES string of the molecule is O=c1cc(O)n(-c2cc(C(F)(F)F)cc(C(F)(F)F)c2)c(=S)[nH]1. The van der Waals surface area contributed by atoms with Gasteiger partial charge in [0.05, 0.1) is 22.9 Å². The topological polar surface area (TPSA) is 58.0 Å². The largest absolute Gasteiger partial charge is 0.494 e. The van der Waals surface area contributed by atoms with Gasteiger partial charge in [0.1, 0.15) is 0 Å². The summed E-state index contributed by atoms with van der Waals surface area (Å²) in [6.07, 6.45) is -10.1. The summed E-state index contributed by atoms with van der Waals surface area (Å²) in [5.74, 6) is -0.897. The maximum absolute atomic E-state index is 12.8. The molecular formula is C12H6F6N2O2S. The highest BCUT2D eigenvalue weighted by atomic mass is 32.1. The molecule has 0 radical (unpaired) electrons. The number of benzene rings is 1. The lowest BCUT2D eigenvalue weighted by Crippen LogP contribution is -2.15. The minimum Gasteiger partial charge on any atom is -0.494 e. The van der Waals surface area contributed by atoms with Gasteiger partial charge in [0.15, 0.2) is 4.77 Å². The lowest BCUT2D eigenvalue weighted by molar-refractivity contribution is -0.143. The number of halogens is 6. The van der Waals surface area contributed by atoms with Crippen LogP contribution >= 0.6 is 12.2 Å². The highest BCUT2D eigenvalue weighted by Gasteiger charge is 2.37. The molecule has 2 rings (SSSR count). The van der Waals surface area contributed by atoms with Crippen LogP contribution in [0.5, 0.6) is 5.88 Å². The first-order chi connectivity index (χ1) is 10.4. The van der Waals surface area contributed by atoms with Crippen molar-refractivity contribution in [3.63, 3.8) is 0 Å². The van der Waals surface area contributed by atoms with Gasteiger partial charge in [-0.25, -0.2) is 0 Å². The average Bonchev–Trinajstić information content (AvgIpc) is 2.35. The van der Waals surface area contributed by atoms with Crippen molar-refractivity contribution in [1.82, 2.24) is 9.55 Å². The van der Waals surface area contributed by atoms with Crippen molar-refractivity contribution >= 4 is 12.2 Å². The zero-order valence-corrected chi connectivity index (χ0v) is 11.6. The summed E-state index contributed by atoms with van der Waals surface area (Å²) in [5.41, 5.74) is -4.69. The van der Waals surface area contributed by atoms with Crippen LogP contribution in [-0.4, -0.2) is 14.7 Å². The lowest BCUT2D eigenvalue weighted by atomic mass is 10.1. The smallest absolute Gasteiger partial charge is 0.416 e. The van der Waals surface area contributed by atoms with Gasteiger partial charge < -0.3 is 5.11 Å². The highest BCUT2D eigenvalue weighted by Crippen LogP contribution is 2.37. The summed E-state index contributed by atoms with van der Waals surface area (Å²) < 4.78 is 76.7. The van der Waals surface area contributed by atoms with E-state index in [0.29, 0.717) is 22.8 Å². The molecule has 1 aromatic heterocycles. The molecule has 0 saturated carbocycles. The van der Waals surface area contributed by atoms with Gasteiger partial charge in [0.2, 0.25) is 5.88 Å². The van der Waals surface area contributed by atoms with Crippen molar-refractivity contribution in [3.8, 4) is 11.6 Å². The first kappa shape index (κ1) is 17.1. The second-order valence-corrected chi connectivity index (χ2v) is 4.78. The number of H-pyrrole nitrogens is 1. The van der Waals surface area contributed by atoms with Gasteiger partial charge in [0, 0.05) is 0 Å². The zero-order valence-electron chi connectivity index (χ0n) is 10.8. The van der Waals surface area contributed by atoms with E-state index in [0.717, 1.165) is 0 Å². The summed E-state index contributed by atoms with van der Waals surface area (Å²) in [5, 5.41) is 9.63. The summed E-state index contributed by atoms with van der Waals surface area (Å²) in [7, 11) is 0. The van der Waals surface area contributed by atoms with E-state index in [1.54, 1.807) is 0 Å². The van der Waals surface area contributed by atoms with E-state index in [-0.39, 0.29) is 6.07 Å². The number of alkyl halides is 6. The quantitative estimate of drug-likeness (QED) is 0.606. The van der Waals surface area contributed by atoms with Gasteiger partial charge >= 0.3 is 12.4 Å². The van der Waals surface area contributed by atoms with Crippen molar-refractivity contribution in [2.24, 2.45) is 0 Å². The molecule has 124 valence electrons. The van der Waals surface area contributed by atoms with Crippen LogP contribution in [0.25, 0.3) is 5.69 Å². The van der Waals surface area contributed by atoms with Crippen LogP contribution in [0.15, 0.2) is 29.1 Å². The molecule has 1 heterocycles. The maximum Gasteiger partial charge on any atom is 0.416 e. The minimum atomic E-state index is -5.05. The molecule has 1 aromatic carbocycles. The van der Waals surface area contributed by atoms with Crippen molar-refractivity contribution in [1.29, 1.82) is 0 Å². The molecule has 0 saturated heterocycles.